The van der Waals surface area contributed by atoms with E-state index in [0.717, 1.165) is 11.1 Å². The molecule has 1 aromatic carbocycles. The van der Waals surface area contributed by atoms with Crippen LogP contribution in [0, 0.1) is 13.8 Å². The number of aliphatic carboxylic acids is 1. The highest BCUT2D eigenvalue weighted by atomic mass is 16.6. The maximum Gasteiger partial charge on any atom is 0.408 e. The molecular weight excluding hydrogens is 298 g/mol. The smallest absolute Gasteiger partial charge is 0.408 e. The van der Waals surface area contributed by atoms with Gasteiger partial charge in [-0.3, -0.25) is 9.59 Å². The summed E-state index contributed by atoms with van der Waals surface area (Å²) in [5, 5.41) is 11.3. The molecule has 1 rings (SSSR count). The Morgan fingerprint density at radius 2 is 1.83 bits per heavy atom. The van der Waals surface area contributed by atoms with Crippen LogP contribution in [0.2, 0.25) is 0 Å². The van der Waals surface area contributed by atoms with Crippen LogP contribution in [0.25, 0.3) is 0 Å². The van der Waals surface area contributed by atoms with Crippen molar-refractivity contribution in [1.29, 1.82) is 0 Å². The Morgan fingerprint density at radius 3 is 2.30 bits per heavy atom. The normalized spacial score (nSPS) is 12.4. The van der Waals surface area contributed by atoms with Crippen LogP contribution < -0.4 is 5.32 Å². The second-order valence-corrected chi connectivity index (χ2v) is 6.48. The van der Waals surface area contributed by atoms with Gasteiger partial charge in [-0.1, -0.05) is 23.8 Å². The lowest BCUT2D eigenvalue weighted by Crippen LogP contribution is -2.44. The highest BCUT2D eigenvalue weighted by Gasteiger charge is 2.28. The molecule has 2 N–H and O–H groups in total. The largest absolute Gasteiger partial charge is 0.481 e. The molecule has 0 aliphatic rings. The number of benzene rings is 1. The van der Waals surface area contributed by atoms with Crippen molar-refractivity contribution < 1.29 is 24.2 Å². The summed E-state index contributed by atoms with van der Waals surface area (Å²) in [5.74, 6) is -1.63. The van der Waals surface area contributed by atoms with Gasteiger partial charge in [0.25, 0.3) is 0 Å². The molecule has 0 radical (unpaired) electrons. The van der Waals surface area contributed by atoms with Crippen molar-refractivity contribution in [3.05, 3.63) is 34.9 Å². The van der Waals surface area contributed by atoms with E-state index in [2.05, 4.69) is 5.32 Å². The number of carbonyl (C=O) groups is 3. The van der Waals surface area contributed by atoms with Crippen LogP contribution in [0.1, 0.15) is 48.7 Å². The molecule has 0 spiro atoms. The van der Waals surface area contributed by atoms with E-state index in [9.17, 15) is 14.4 Å². The van der Waals surface area contributed by atoms with E-state index in [-0.39, 0.29) is 0 Å². The summed E-state index contributed by atoms with van der Waals surface area (Å²) in [7, 11) is 0. The van der Waals surface area contributed by atoms with Crippen LogP contribution in [0.15, 0.2) is 18.2 Å². The first-order chi connectivity index (χ1) is 10.5. The molecule has 23 heavy (non-hydrogen) atoms. The van der Waals surface area contributed by atoms with Crippen molar-refractivity contribution in [2.45, 2.75) is 52.7 Å². The second-order valence-electron chi connectivity index (χ2n) is 6.48. The van der Waals surface area contributed by atoms with Gasteiger partial charge >= 0.3 is 12.1 Å². The average molecular weight is 321 g/mol. The molecule has 0 saturated carbocycles. The Hall–Kier alpha value is -2.37. The maximum absolute atomic E-state index is 12.6. The van der Waals surface area contributed by atoms with E-state index in [1.54, 1.807) is 39.8 Å². The number of carbonyl (C=O) groups excluding carboxylic acids is 2. The minimum atomic E-state index is -1.18. The van der Waals surface area contributed by atoms with E-state index in [4.69, 9.17) is 9.84 Å². The van der Waals surface area contributed by atoms with Gasteiger partial charge in [0.15, 0.2) is 5.78 Å². The van der Waals surface area contributed by atoms with E-state index >= 15 is 0 Å². The maximum atomic E-state index is 12.6. The van der Waals surface area contributed by atoms with Crippen molar-refractivity contribution in [1.82, 2.24) is 5.32 Å². The van der Waals surface area contributed by atoms with Gasteiger partial charge in [-0.2, -0.15) is 0 Å². The van der Waals surface area contributed by atoms with Crippen LogP contribution >= 0.6 is 0 Å². The Bertz CT molecular complexity index is 616. The Labute approximate surface area is 135 Å². The first-order valence-corrected chi connectivity index (χ1v) is 7.32. The van der Waals surface area contributed by atoms with Gasteiger partial charge in [-0.15, -0.1) is 0 Å². The fourth-order valence-electron chi connectivity index (χ4n) is 2.11. The summed E-state index contributed by atoms with van der Waals surface area (Å²) in [6.45, 7) is 8.72. The molecule has 0 aliphatic heterocycles. The topological polar surface area (TPSA) is 92.7 Å². The lowest BCUT2D eigenvalue weighted by molar-refractivity contribution is -0.137. The summed E-state index contributed by atoms with van der Waals surface area (Å²) in [6.07, 6.45) is -1.33. The number of carboxylic acids is 1. The lowest BCUT2D eigenvalue weighted by Gasteiger charge is -2.22. The standard InChI is InChI=1S/C17H23NO5/c1-10-6-7-12(11(2)8-10)15(21)13(9-14(19)20)18-16(22)23-17(3,4)5/h6-8,13H,9H2,1-5H3,(H,18,22)(H,19,20)/t13-/m0/s1. The lowest BCUT2D eigenvalue weighted by atomic mass is 9.96. The second kappa shape index (κ2) is 7.26. The van der Waals surface area contributed by atoms with Crippen LogP contribution in [-0.4, -0.2) is 34.6 Å². The van der Waals surface area contributed by atoms with Crippen LogP contribution in [0.3, 0.4) is 0 Å². The van der Waals surface area contributed by atoms with Crippen LogP contribution in [0.5, 0.6) is 0 Å². The SMILES string of the molecule is Cc1ccc(C(=O)[C@H](CC(=O)O)NC(=O)OC(C)(C)C)c(C)c1. The molecule has 1 aromatic rings. The van der Waals surface area contributed by atoms with Crippen LogP contribution in [0.4, 0.5) is 4.79 Å². The molecule has 0 aromatic heterocycles. The van der Waals surface area contributed by atoms with Crippen molar-refractivity contribution >= 4 is 17.8 Å². The Morgan fingerprint density at radius 1 is 1.22 bits per heavy atom. The van der Waals surface area contributed by atoms with E-state index in [0.29, 0.717) is 5.56 Å². The number of carboxylic acid groups (broad SMARTS) is 1. The Balaban J connectivity index is 2.99. The van der Waals surface area contributed by atoms with E-state index in [1.165, 1.54) is 0 Å². The number of alkyl carbamates (subject to hydrolysis) is 1. The molecule has 126 valence electrons. The number of hydrogen-bond acceptors (Lipinski definition) is 4. The van der Waals surface area contributed by atoms with Crippen molar-refractivity contribution in [2.75, 3.05) is 0 Å². The fraction of sp³-hybridized carbons (Fsp3) is 0.471. The number of hydrogen-bond donors (Lipinski definition) is 2. The molecule has 0 saturated heterocycles. The number of rotatable bonds is 5. The molecule has 0 fully saturated rings. The molecule has 6 heteroatoms. The molecule has 1 atom stereocenters. The molecule has 0 unspecified atom stereocenters. The highest BCUT2D eigenvalue weighted by molar-refractivity contribution is 6.04. The fourth-order valence-corrected chi connectivity index (χ4v) is 2.11. The average Bonchev–Trinajstić information content (AvgIpc) is 2.34. The molecule has 0 heterocycles. The first-order valence-electron chi connectivity index (χ1n) is 7.32. The zero-order chi connectivity index (χ0) is 17.8. The minimum Gasteiger partial charge on any atom is -0.481 e. The third-order valence-electron chi connectivity index (χ3n) is 3.03. The number of amides is 1. The Kier molecular flexibility index (Phi) is 5.90. The minimum absolute atomic E-state index is 0.387. The summed E-state index contributed by atoms with van der Waals surface area (Å²) >= 11 is 0. The molecule has 1 amide bonds. The zero-order valence-corrected chi connectivity index (χ0v) is 14.1. The van der Waals surface area contributed by atoms with Gasteiger partial charge in [0, 0.05) is 5.56 Å². The van der Waals surface area contributed by atoms with Crippen molar-refractivity contribution in [3.63, 3.8) is 0 Å². The molecule has 6 nitrogen and oxygen atoms in total. The predicted molar refractivity (Wildman–Crippen MR) is 85.7 cm³/mol. The van der Waals surface area contributed by atoms with E-state index in [1.807, 2.05) is 13.0 Å². The third-order valence-corrected chi connectivity index (χ3v) is 3.03. The molecule has 0 aliphatic carbocycles. The number of Topliss-reactive ketones (excluding diaryl/α,β-unsaturated/α-hetero) is 1. The number of ether oxygens (including phenoxy) is 1. The van der Waals surface area contributed by atoms with Crippen molar-refractivity contribution in [3.8, 4) is 0 Å². The van der Waals surface area contributed by atoms with Gasteiger partial charge in [-0.25, -0.2) is 4.79 Å². The monoisotopic (exact) mass is 321 g/mol. The third kappa shape index (κ3) is 6.10. The predicted octanol–water partition coefficient (Wildman–Crippen LogP) is 2.85. The van der Waals surface area contributed by atoms with E-state index < -0.39 is 35.9 Å². The van der Waals surface area contributed by atoms with Crippen molar-refractivity contribution in [2.24, 2.45) is 0 Å². The van der Waals surface area contributed by atoms with Gasteiger partial charge in [-0.05, 0) is 40.2 Å². The number of nitrogens with one attached hydrogen (secondary N) is 1. The summed E-state index contributed by atoms with van der Waals surface area (Å²) in [4.78, 5) is 35.4. The zero-order valence-electron chi connectivity index (χ0n) is 14.1. The van der Waals surface area contributed by atoms with Gasteiger partial charge in [0.1, 0.15) is 11.6 Å². The van der Waals surface area contributed by atoms with Gasteiger partial charge in [0.2, 0.25) is 0 Å². The number of ketones is 1. The summed E-state index contributed by atoms with van der Waals surface area (Å²) in [5.41, 5.74) is 1.38. The summed E-state index contributed by atoms with van der Waals surface area (Å²) in [6, 6.07) is 4.06. The van der Waals surface area contributed by atoms with Gasteiger partial charge in [0.05, 0.1) is 6.42 Å². The van der Waals surface area contributed by atoms with Gasteiger partial charge < -0.3 is 15.2 Å². The molecule has 0 bridgehead atoms. The quantitative estimate of drug-likeness (QED) is 0.813. The molecular formula is C17H23NO5. The highest BCUT2D eigenvalue weighted by Crippen LogP contribution is 2.15. The van der Waals surface area contributed by atoms with Crippen LogP contribution in [-0.2, 0) is 9.53 Å². The number of aryl methyl sites for hydroxylation is 2. The summed E-state index contributed by atoms with van der Waals surface area (Å²) < 4.78 is 5.09. The first kappa shape index (κ1) is 18.7.